The molecule has 0 aliphatic heterocycles. The number of aryl methyl sites for hydroxylation is 3. The van der Waals surface area contributed by atoms with Crippen molar-refractivity contribution >= 4 is 27.4 Å². The highest BCUT2D eigenvalue weighted by Gasteiger charge is 2.30. The summed E-state index contributed by atoms with van der Waals surface area (Å²) in [6.07, 6.45) is 1.54. The minimum absolute atomic E-state index is 0.0804. The van der Waals surface area contributed by atoms with Crippen LogP contribution in [0.2, 0.25) is 0 Å². The maximum Gasteiger partial charge on any atom is 0.265 e. The molecule has 164 valence electrons. The van der Waals surface area contributed by atoms with Crippen molar-refractivity contribution in [1.82, 2.24) is 9.78 Å². The molecule has 31 heavy (non-hydrogen) atoms. The number of nitrogens with zero attached hydrogens (tertiary/aromatic N) is 3. The first-order chi connectivity index (χ1) is 14.6. The normalized spacial score (nSPS) is 11.5. The smallest absolute Gasteiger partial charge is 0.265 e. The van der Waals surface area contributed by atoms with E-state index in [1.54, 1.807) is 28.9 Å². The fourth-order valence-corrected chi connectivity index (χ4v) is 5.03. The van der Waals surface area contributed by atoms with Crippen LogP contribution in [-0.4, -0.2) is 30.7 Å². The molecule has 7 nitrogen and oxygen atoms in total. The summed E-state index contributed by atoms with van der Waals surface area (Å²) in [5.41, 5.74) is 3.65. The Hall–Kier alpha value is -3.13. The van der Waals surface area contributed by atoms with E-state index in [0.717, 1.165) is 21.0 Å². The summed E-state index contributed by atoms with van der Waals surface area (Å²) in [6.45, 7) is 9.27. The average molecular weight is 441 g/mol. The Morgan fingerprint density at radius 2 is 1.68 bits per heavy atom. The molecule has 1 amide bonds. The van der Waals surface area contributed by atoms with Crippen LogP contribution in [0.1, 0.15) is 36.6 Å². The number of aromatic nitrogens is 2. The lowest BCUT2D eigenvalue weighted by atomic mass is 10.1. The van der Waals surface area contributed by atoms with Gasteiger partial charge in [-0.25, -0.2) is 17.4 Å². The summed E-state index contributed by atoms with van der Waals surface area (Å²) >= 11 is 0. The number of hydrogen-bond donors (Lipinski definition) is 1. The molecule has 2 aromatic carbocycles. The second-order valence-electron chi connectivity index (χ2n) is 7.87. The Morgan fingerprint density at radius 1 is 1.06 bits per heavy atom. The third-order valence-corrected chi connectivity index (χ3v) is 6.72. The first-order valence-electron chi connectivity index (χ1n) is 10.1. The molecule has 1 heterocycles. The summed E-state index contributed by atoms with van der Waals surface area (Å²) < 4.78 is 29.7. The third kappa shape index (κ3) is 4.80. The highest BCUT2D eigenvalue weighted by molar-refractivity contribution is 7.92. The number of rotatable bonds is 7. The summed E-state index contributed by atoms with van der Waals surface area (Å²) in [4.78, 5) is 13.1. The summed E-state index contributed by atoms with van der Waals surface area (Å²) in [7, 11) is -3.98. The summed E-state index contributed by atoms with van der Waals surface area (Å²) in [5, 5.41) is 7.15. The monoisotopic (exact) mass is 440 g/mol. The van der Waals surface area contributed by atoms with Crippen molar-refractivity contribution in [2.75, 3.05) is 16.2 Å². The van der Waals surface area contributed by atoms with Crippen LogP contribution in [0.25, 0.3) is 0 Å². The molecular formula is C23H28N4O3S. The van der Waals surface area contributed by atoms with Crippen molar-refractivity contribution in [2.45, 2.75) is 45.6 Å². The zero-order valence-corrected chi connectivity index (χ0v) is 19.3. The number of amides is 1. The molecule has 8 heteroatoms. The van der Waals surface area contributed by atoms with E-state index in [4.69, 9.17) is 0 Å². The molecule has 0 bridgehead atoms. The van der Waals surface area contributed by atoms with E-state index in [-0.39, 0.29) is 17.5 Å². The number of hydrogen-bond acceptors (Lipinski definition) is 4. The zero-order chi connectivity index (χ0) is 22.8. The van der Waals surface area contributed by atoms with Crippen molar-refractivity contribution in [3.8, 4) is 0 Å². The van der Waals surface area contributed by atoms with Gasteiger partial charge in [0.05, 0.1) is 11.1 Å². The molecular weight excluding hydrogens is 412 g/mol. The second-order valence-corrected chi connectivity index (χ2v) is 9.74. The molecule has 0 fully saturated rings. The van der Waals surface area contributed by atoms with Crippen LogP contribution in [0.4, 0.5) is 11.5 Å². The SMILES string of the molecule is Cc1cc(C)c(NC(=O)CN(c2ccnn2C(C)C)S(=O)(=O)c2ccccc2)c(C)c1. The molecule has 0 aliphatic carbocycles. The topological polar surface area (TPSA) is 84.3 Å². The molecule has 3 rings (SSSR count). The molecule has 0 saturated heterocycles. The predicted molar refractivity (Wildman–Crippen MR) is 123 cm³/mol. The van der Waals surface area contributed by atoms with Gasteiger partial charge in [-0.1, -0.05) is 35.9 Å². The Morgan fingerprint density at radius 3 is 2.26 bits per heavy atom. The van der Waals surface area contributed by atoms with Gasteiger partial charge in [-0.15, -0.1) is 0 Å². The van der Waals surface area contributed by atoms with Crippen molar-refractivity contribution in [1.29, 1.82) is 0 Å². The Balaban J connectivity index is 2.00. The van der Waals surface area contributed by atoms with Gasteiger partial charge in [-0.05, 0) is 57.9 Å². The van der Waals surface area contributed by atoms with Gasteiger partial charge in [0.2, 0.25) is 5.91 Å². The lowest BCUT2D eigenvalue weighted by molar-refractivity contribution is -0.114. The molecule has 0 unspecified atom stereocenters. The fourth-order valence-electron chi connectivity index (χ4n) is 3.60. The third-order valence-electron chi connectivity index (χ3n) is 4.95. The van der Waals surface area contributed by atoms with Crippen LogP contribution in [0.15, 0.2) is 59.6 Å². The fraction of sp³-hybridized carbons (Fsp3) is 0.304. The van der Waals surface area contributed by atoms with E-state index >= 15 is 0 Å². The van der Waals surface area contributed by atoms with Crippen LogP contribution < -0.4 is 9.62 Å². The molecule has 1 N–H and O–H groups in total. The van der Waals surface area contributed by atoms with Gasteiger partial charge in [-0.3, -0.25) is 4.79 Å². The Bertz CT molecular complexity index is 1160. The number of carbonyl (C=O) groups is 1. The minimum atomic E-state index is -3.98. The van der Waals surface area contributed by atoms with Crippen molar-refractivity contribution in [3.05, 3.63) is 71.4 Å². The molecule has 0 radical (unpaired) electrons. The van der Waals surface area contributed by atoms with Crippen molar-refractivity contribution < 1.29 is 13.2 Å². The van der Waals surface area contributed by atoms with E-state index < -0.39 is 15.9 Å². The van der Waals surface area contributed by atoms with Gasteiger partial charge in [0.25, 0.3) is 10.0 Å². The van der Waals surface area contributed by atoms with E-state index in [0.29, 0.717) is 11.5 Å². The zero-order valence-electron chi connectivity index (χ0n) is 18.5. The number of anilines is 2. The lowest BCUT2D eigenvalue weighted by Crippen LogP contribution is -2.39. The standard InChI is InChI=1S/C23H28N4O3S/c1-16(2)27-22(11-12-24-27)26(31(29,30)20-9-7-6-8-10-20)15-21(28)25-23-18(4)13-17(3)14-19(23)5/h6-14,16H,15H2,1-5H3,(H,25,28). The molecule has 0 aliphatic rings. The molecule has 0 spiro atoms. The summed E-state index contributed by atoms with van der Waals surface area (Å²) in [5.74, 6) is -0.0857. The van der Waals surface area contributed by atoms with Gasteiger partial charge in [0.1, 0.15) is 12.4 Å². The maximum atomic E-state index is 13.5. The maximum absolute atomic E-state index is 13.5. The Labute approximate surface area is 183 Å². The molecule has 1 aromatic heterocycles. The summed E-state index contributed by atoms with van der Waals surface area (Å²) in [6, 6.07) is 13.6. The molecule has 0 saturated carbocycles. The van der Waals surface area contributed by atoms with E-state index in [1.165, 1.54) is 18.3 Å². The first kappa shape index (κ1) is 22.6. The number of sulfonamides is 1. The van der Waals surface area contributed by atoms with E-state index in [2.05, 4.69) is 10.4 Å². The van der Waals surface area contributed by atoms with Crippen LogP contribution in [0.3, 0.4) is 0 Å². The minimum Gasteiger partial charge on any atom is -0.324 e. The highest BCUT2D eigenvalue weighted by atomic mass is 32.2. The van der Waals surface area contributed by atoms with Gasteiger partial charge >= 0.3 is 0 Å². The first-order valence-corrected chi connectivity index (χ1v) is 11.5. The van der Waals surface area contributed by atoms with Crippen LogP contribution in [0.5, 0.6) is 0 Å². The van der Waals surface area contributed by atoms with Crippen LogP contribution in [-0.2, 0) is 14.8 Å². The highest BCUT2D eigenvalue weighted by Crippen LogP contribution is 2.27. The van der Waals surface area contributed by atoms with E-state index in [9.17, 15) is 13.2 Å². The number of carbonyl (C=O) groups excluding carboxylic acids is 1. The predicted octanol–water partition coefficient (Wildman–Crippen LogP) is 4.22. The largest absolute Gasteiger partial charge is 0.324 e. The van der Waals surface area contributed by atoms with Crippen molar-refractivity contribution in [2.24, 2.45) is 0 Å². The number of nitrogens with one attached hydrogen (secondary N) is 1. The van der Waals surface area contributed by atoms with Crippen LogP contribution >= 0.6 is 0 Å². The van der Waals surface area contributed by atoms with Gasteiger partial charge in [0, 0.05) is 17.8 Å². The number of benzene rings is 2. The Kier molecular flexibility index (Phi) is 6.50. The molecule has 3 aromatic rings. The van der Waals surface area contributed by atoms with Gasteiger partial charge < -0.3 is 5.32 Å². The van der Waals surface area contributed by atoms with Gasteiger partial charge in [-0.2, -0.15) is 5.10 Å². The van der Waals surface area contributed by atoms with Crippen molar-refractivity contribution in [3.63, 3.8) is 0 Å². The quantitative estimate of drug-likeness (QED) is 0.596. The average Bonchev–Trinajstić information content (AvgIpc) is 3.19. The lowest BCUT2D eigenvalue weighted by Gasteiger charge is -2.26. The van der Waals surface area contributed by atoms with Gasteiger partial charge in [0.15, 0.2) is 0 Å². The second kappa shape index (κ2) is 8.93. The van der Waals surface area contributed by atoms with E-state index in [1.807, 2.05) is 46.8 Å². The van der Waals surface area contributed by atoms with Crippen LogP contribution in [0, 0.1) is 20.8 Å². The molecule has 0 atom stereocenters.